The molecule has 2 aromatic rings. The molecule has 0 amide bonds. The van der Waals surface area contributed by atoms with Crippen LogP contribution in [0.25, 0.3) is 0 Å². The Hall–Kier alpha value is -1.81. The monoisotopic (exact) mass is 416 g/mol. The van der Waals surface area contributed by atoms with Gasteiger partial charge in [0.2, 0.25) is 0 Å². The molecule has 1 aliphatic rings. The maximum Gasteiger partial charge on any atom is 0.263 e. The van der Waals surface area contributed by atoms with Crippen molar-refractivity contribution in [2.75, 3.05) is 0 Å². The lowest BCUT2D eigenvalue weighted by atomic mass is 9.77. The van der Waals surface area contributed by atoms with Crippen molar-refractivity contribution in [3.05, 3.63) is 65.2 Å². The third kappa shape index (κ3) is 6.33. The highest BCUT2D eigenvalue weighted by atomic mass is 32.1. The summed E-state index contributed by atoms with van der Waals surface area (Å²) in [6, 6.07) is 14.1. The van der Waals surface area contributed by atoms with Gasteiger partial charge in [0.15, 0.2) is 5.05 Å². The molecular weight excluding hydrogens is 386 g/mol. The van der Waals surface area contributed by atoms with Crippen molar-refractivity contribution >= 4 is 17.3 Å². The van der Waals surface area contributed by atoms with Gasteiger partial charge in [-0.3, -0.25) is 0 Å². The van der Waals surface area contributed by atoms with E-state index in [1.54, 1.807) is 12.1 Å². The SMILES string of the molecule is CCCCC[C@H]1CC[C@H](c2ccc(OC(=S)c3ccc(C(F)F)cc3)cc2)CC1. The summed E-state index contributed by atoms with van der Waals surface area (Å²) in [5.74, 6) is 2.24. The van der Waals surface area contributed by atoms with Crippen LogP contribution in [0.1, 0.15) is 87.3 Å². The number of hydrogen-bond donors (Lipinski definition) is 0. The van der Waals surface area contributed by atoms with Gasteiger partial charge < -0.3 is 4.74 Å². The van der Waals surface area contributed by atoms with Crippen LogP contribution in [0.2, 0.25) is 0 Å². The molecule has 4 heteroatoms. The molecule has 0 heterocycles. The first-order chi connectivity index (χ1) is 14.1. The van der Waals surface area contributed by atoms with Crippen LogP contribution in [-0.4, -0.2) is 5.05 Å². The molecule has 0 radical (unpaired) electrons. The summed E-state index contributed by atoms with van der Waals surface area (Å²) in [4.78, 5) is 0. The molecule has 0 spiro atoms. The quantitative estimate of drug-likeness (QED) is 0.316. The number of benzene rings is 2. The van der Waals surface area contributed by atoms with Crippen molar-refractivity contribution in [1.82, 2.24) is 0 Å². The van der Waals surface area contributed by atoms with Gasteiger partial charge in [-0.2, -0.15) is 0 Å². The molecule has 1 aliphatic carbocycles. The van der Waals surface area contributed by atoms with Gasteiger partial charge in [0.1, 0.15) is 5.75 Å². The lowest BCUT2D eigenvalue weighted by Gasteiger charge is -2.29. The standard InChI is InChI=1S/C25H30F2OS/c1-2-3-4-5-18-6-8-19(9-7-18)20-14-16-23(17-15-20)28-25(29)22-12-10-21(11-13-22)24(26)27/h10-19,24H,2-9H2,1H3/t18-,19-. The zero-order valence-corrected chi connectivity index (χ0v) is 17.9. The summed E-state index contributed by atoms with van der Waals surface area (Å²) < 4.78 is 31.1. The van der Waals surface area contributed by atoms with Crippen LogP contribution in [0.4, 0.5) is 8.78 Å². The van der Waals surface area contributed by atoms with E-state index in [1.807, 2.05) is 12.1 Å². The predicted molar refractivity (Wildman–Crippen MR) is 119 cm³/mol. The molecule has 0 N–H and O–H groups in total. The number of unbranched alkanes of at least 4 members (excludes halogenated alkanes) is 2. The summed E-state index contributed by atoms with van der Waals surface area (Å²) in [5, 5.41) is 0.297. The molecule has 0 aromatic heterocycles. The fourth-order valence-corrected chi connectivity index (χ4v) is 4.44. The average Bonchev–Trinajstić information content (AvgIpc) is 2.75. The van der Waals surface area contributed by atoms with Gasteiger partial charge in [-0.15, -0.1) is 0 Å². The number of hydrogen-bond acceptors (Lipinski definition) is 2. The third-order valence-electron chi connectivity index (χ3n) is 6.02. The van der Waals surface area contributed by atoms with Crippen molar-refractivity contribution in [3.8, 4) is 5.75 Å². The van der Waals surface area contributed by atoms with Gasteiger partial charge in [0, 0.05) is 11.1 Å². The fourth-order valence-electron chi connectivity index (χ4n) is 4.21. The molecule has 3 rings (SSSR count). The van der Waals surface area contributed by atoms with Gasteiger partial charge in [-0.05, 0) is 79.6 Å². The Labute approximate surface area is 178 Å². The summed E-state index contributed by atoms with van der Waals surface area (Å²) in [6.45, 7) is 2.26. The number of rotatable bonds is 8. The Balaban J connectivity index is 1.50. The molecule has 0 aliphatic heterocycles. The van der Waals surface area contributed by atoms with Crippen molar-refractivity contribution in [1.29, 1.82) is 0 Å². The number of ether oxygens (including phenoxy) is 1. The second kappa shape index (κ2) is 10.8. The van der Waals surface area contributed by atoms with Gasteiger partial charge >= 0.3 is 0 Å². The summed E-state index contributed by atoms with van der Waals surface area (Å²) in [6.07, 6.45) is 8.17. The summed E-state index contributed by atoms with van der Waals surface area (Å²) in [7, 11) is 0. The second-order valence-electron chi connectivity index (χ2n) is 8.09. The molecule has 2 aromatic carbocycles. The number of thiocarbonyl (C=S) groups is 1. The van der Waals surface area contributed by atoms with Crippen LogP contribution in [0.5, 0.6) is 5.75 Å². The van der Waals surface area contributed by atoms with E-state index in [1.165, 1.54) is 69.1 Å². The second-order valence-corrected chi connectivity index (χ2v) is 8.47. The normalized spacial score (nSPS) is 19.3. The van der Waals surface area contributed by atoms with E-state index in [0.29, 0.717) is 22.3 Å². The lowest BCUT2D eigenvalue weighted by molar-refractivity contribution is 0.151. The molecule has 156 valence electrons. The summed E-state index contributed by atoms with van der Waals surface area (Å²) >= 11 is 5.32. The maximum absolute atomic E-state index is 12.7. The van der Waals surface area contributed by atoms with Crippen LogP contribution in [0.3, 0.4) is 0 Å². The van der Waals surface area contributed by atoms with E-state index in [4.69, 9.17) is 17.0 Å². The predicted octanol–water partition coefficient (Wildman–Crippen LogP) is 8.23. The Morgan fingerprint density at radius 2 is 1.62 bits per heavy atom. The maximum atomic E-state index is 12.7. The van der Waals surface area contributed by atoms with Crippen LogP contribution in [-0.2, 0) is 0 Å². The number of halogens is 2. The molecule has 1 saturated carbocycles. The summed E-state index contributed by atoms with van der Waals surface area (Å²) in [5.41, 5.74) is 1.99. The van der Waals surface area contributed by atoms with E-state index in [-0.39, 0.29) is 5.56 Å². The van der Waals surface area contributed by atoms with Gasteiger partial charge in [-0.1, -0.05) is 56.9 Å². The minimum atomic E-state index is -2.47. The zero-order valence-electron chi connectivity index (χ0n) is 17.1. The van der Waals surface area contributed by atoms with E-state index >= 15 is 0 Å². The van der Waals surface area contributed by atoms with Crippen LogP contribution in [0, 0.1) is 5.92 Å². The van der Waals surface area contributed by atoms with Gasteiger partial charge in [-0.25, -0.2) is 8.78 Å². The zero-order chi connectivity index (χ0) is 20.6. The first-order valence-corrected chi connectivity index (χ1v) is 11.2. The van der Waals surface area contributed by atoms with E-state index in [9.17, 15) is 8.78 Å². The molecular formula is C25H30F2OS. The highest BCUT2D eigenvalue weighted by molar-refractivity contribution is 7.80. The number of alkyl halides is 2. The molecule has 1 nitrogen and oxygen atoms in total. The molecule has 0 bridgehead atoms. The van der Waals surface area contributed by atoms with Crippen LogP contribution < -0.4 is 4.74 Å². The minimum Gasteiger partial charge on any atom is -0.445 e. The highest BCUT2D eigenvalue weighted by Gasteiger charge is 2.22. The molecule has 0 atom stereocenters. The largest absolute Gasteiger partial charge is 0.445 e. The average molecular weight is 417 g/mol. The van der Waals surface area contributed by atoms with E-state index in [0.717, 1.165) is 5.92 Å². The Kier molecular flexibility index (Phi) is 8.17. The lowest BCUT2D eigenvalue weighted by Crippen LogP contribution is -2.13. The van der Waals surface area contributed by atoms with Crippen LogP contribution in [0.15, 0.2) is 48.5 Å². The smallest absolute Gasteiger partial charge is 0.263 e. The van der Waals surface area contributed by atoms with Crippen molar-refractivity contribution in [3.63, 3.8) is 0 Å². The van der Waals surface area contributed by atoms with Gasteiger partial charge in [0.25, 0.3) is 6.43 Å². The van der Waals surface area contributed by atoms with Crippen molar-refractivity contribution in [2.45, 2.75) is 70.6 Å². The van der Waals surface area contributed by atoms with Crippen LogP contribution >= 0.6 is 12.2 Å². The molecule has 0 unspecified atom stereocenters. The molecule has 0 saturated heterocycles. The molecule has 29 heavy (non-hydrogen) atoms. The van der Waals surface area contributed by atoms with Crippen molar-refractivity contribution in [2.24, 2.45) is 5.92 Å². The Morgan fingerprint density at radius 3 is 2.21 bits per heavy atom. The Morgan fingerprint density at radius 1 is 0.966 bits per heavy atom. The Bertz CT molecular complexity index is 762. The molecule has 1 fully saturated rings. The van der Waals surface area contributed by atoms with Gasteiger partial charge in [0.05, 0.1) is 0 Å². The first-order valence-electron chi connectivity index (χ1n) is 10.8. The minimum absolute atomic E-state index is 0.0130. The van der Waals surface area contributed by atoms with Crippen molar-refractivity contribution < 1.29 is 13.5 Å². The highest BCUT2D eigenvalue weighted by Crippen LogP contribution is 2.38. The third-order valence-corrected chi connectivity index (χ3v) is 6.34. The van der Waals surface area contributed by atoms with E-state index in [2.05, 4.69) is 19.1 Å². The fraction of sp³-hybridized carbons (Fsp3) is 0.480. The van der Waals surface area contributed by atoms with E-state index < -0.39 is 6.43 Å². The first kappa shape index (κ1) is 21.9. The topological polar surface area (TPSA) is 9.23 Å².